The third kappa shape index (κ3) is 4.34. The van der Waals surface area contributed by atoms with Gasteiger partial charge in [0.25, 0.3) is 5.91 Å². The fraction of sp³-hybridized carbons (Fsp3) is 0.0870. The average molecular weight is 430 g/mol. The minimum Gasteiger partial charge on any atom is -0.301 e. The number of amides is 3. The first-order chi connectivity index (χ1) is 15.0. The summed E-state index contributed by atoms with van der Waals surface area (Å²) in [5.41, 5.74) is 3.79. The molecule has 4 rings (SSSR count). The van der Waals surface area contributed by atoms with Gasteiger partial charge in [0.15, 0.2) is 11.0 Å². The standard InChI is InChI=1S/C23H18N4O3S/c28-20(13-16-9-6-8-15-7-4-5-12-18(15)16)26-24-14-19-21(29)25-23(31)27(22(19)30)17-10-2-1-3-11-17/h1-12,14,19H,13H2,(H,26,28)(H,25,29,31). The van der Waals surface area contributed by atoms with Crippen LogP contribution >= 0.6 is 12.2 Å². The molecule has 0 spiro atoms. The highest BCUT2D eigenvalue weighted by atomic mass is 32.1. The Hall–Kier alpha value is -3.91. The van der Waals surface area contributed by atoms with Crippen molar-refractivity contribution >= 4 is 57.7 Å². The zero-order valence-electron chi connectivity index (χ0n) is 16.3. The van der Waals surface area contributed by atoms with Gasteiger partial charge in [-0.15, -0.1) is 0 Å². The smallest absolute Gasteiger partial charge is 0.251 e. The van der Waals surface area contributed by atoms with Crippen LogP contribution in [0, 0.1) is 5.92 Å². The Balaban J connectivity index is 1.45. The van der Waals surface area contributed by atoms with E-state index in [1.54, 1.807) is 24.3 Å². The van der Waals surface area contributed by atoms with Crippen molar-refractivity contribution in [3.05, 3.63) is 78.4 Å². The summed E-state index contributed by atoms with van der Waals surface area (Å²) < 4.78 is 0. The normalized spacial score (nSPS) is 16.6. The molecule has 0 bridgehead atoms. The maximum absolute atomic E-state index is 12.8. The van der Waals surface area contributed by atoms with Gasteiger partial charge in [-0.2, -0.15) is 5.10 Å². The molecule has 2 N–H and O–H groups in total. The first kappa shape index (κ1) is 20.4. The molecule has 1 aliphatic rings. The van der Waals surface area contributed by atoms with Crippen LogP contribution in [0.4, 0.5) is 5.69 Å². The van der Waals surface area contributed by atoms with Gasteiger partial charge in [-0.25, -0.2) is 5.43 Å². The minimum atomic E-state index is -1.20. The van der Waals surface area contributed by atoms with E-state index in [4.69, 9.17) is 12.2 Å². The minimum absolute atomic E-state index is 0.00541. The lowest BCUT2D eigenvalue weighted by Crippen LogP contribution is -2.58. The molecule has 0 radical (unpaired) electrons. The quantitative estimate of drug-likeness (QED) is 0.282. The fourth-order valence-electron chi connectivity index (χ4n) is 3.39. The van der Waals surface area contributed by atoms with Crippen LogP contribution in [0.15, 0.2) is 77.9 Å². The van der Waals surface area contributed by atoms with Gasteiger partial charge in [0.05, 0.1) is 12.1 Å². The van der Waals surface area contributed by atoms with Crippen LogP contribution in [-0.2, 0) is 20.8 Å². The van der Waals surface area contributed by atoms with Crippen LogP contribution in [0.5, 0.6) is 0 Å². The van der Waals surface area contributed by atoms with Crippen LogP contribution in [0.3, 0.4) is 0 Å². The summed E-state index contributed by atoms with van der Waals surface area (Å²) in [5.74, 6) is -2.68. The Bertz CT molecular complexity index is 1200. The first-order valence-corrected chi connectivity index (χ1v) is 9.98. The zero-order chi connectivity index (χ0) is 21.8. The monoisotopic (exact) mass is 430 g/mol. The number of hydrazone groups is 1. The SMILES string of the molecule is O=C(Cc1cccc2ccccc12)NN=CC1C(=O)NC(=S)N(c2ccccc2)C1=O. The Morgan fingerprint density at radius 1 is 1.03 bits per heavy atom. The van der Waals surface area contributed by atoms with Crippen LogP contribution < -0.4 is 15.6 Å². The van der Waals surface area contributed by atoms with Gasteiger partial charge in [-0.1, -0.05) is 60.7 Å². The molecular formula is C23H18N4O3S. The van der Waals surface area contributed by atoms with Crippen LogP contribution in [-0.4, -0.2) is 29.0 Å². The Kier molecular flexibility index (Phi) is 5.81. The van der Waals surface area contributed by atoms with Gasteiger partial charge in [-0.3, -0.25) is 19.3 Å². The summed E-state index contributed by atoms with van der Waals surface area (Å²) in [7, 11) is 0. The van der Waals surface area contributed by atoms with Gasteiger partial charge < -0.3 is 5.32 Å². The van der Waals surface area contributed by atoms with E-state index in [1.165, 1.54) is 4.90 Å². The number of anilines is 1. The molecular weight excluding hydrogens is 412 g/mol. The van der Waals surface area contributed by atoms with E-state index >= 15 is 0 Å². The van der Waals surface area contributed by atoms with Crippen LogP contribution in [0.1, 0.15) is 5.56 Å². The lowest BCUT2D eigenvalue weighted by molar-refractivity contribution is -0.130. The number of carbonyl (C=O) groups excluding carboxylic acids is 3. The van der Waals surface area contributed by atoms with Crippen molar-refractivity contribution in [1.82, 2.24) is 10.7 Å². The molecule has 0 aliphatic carbocycles. The second-order valence-electron chi connectivity index (χ2n) is 6.91. The summed E-state index contributed by atoms with van der Waals surface area (Å²) in [6.45, 7) is 0. The molecule has 1 unspecified atom stereocenters. The van der Waals surface area contributed by atoms with E-state index in [2.05, 4.69) is 15.8 Å². The molecule has 31 heavy (non-hydrogen) atoms. The Labute approximate surface area is 183 Å². The maximum Gasteiger partial charge on any atom is 0.251 e. The Morgan fingerprint density at radius 3 is 2.55 bits per heavy atom. The number of para-hydroxylation sites is 1. The summed E-state index contributed by atoms with van der Waals surface area (Å²) >= 11 is 5.14. The largest absolute Gasteiger partial charge is 0.301 e. The second-order valence-corrected chi connectivity index (χ2v) is 7.30. The van der Waals surface area contributed by atoms with Crippen molar-refractivity contribution in [2.24, 2.45) is 11.0 Å². The molecule has 8 heteroatoms. The van der Waals surface area contributed by atoms with E-state index in [9.17, 15) is 14.4 Å². The number of hydrogen-bond acceptors (Lipinski definition) is 5. The number of hydrogen-bond donors (Lipinski definition) is 2. The lowest BCUT2D eigenvalue weighted by atomic mass is 10.0. The van der Waals surface area contributed by atoms with E-state index in [1.807, 2.05) is 48.5 Å². The highest BCUT2D eigenvalue weighted by Gasteiger charge is 2.38. The van der Waals surface area contributed by atoms with Gasteiger partial charge in [0.2, 0.25) is 11.8 Å². The first-order valence-electron chi connectivity index (χ1n) is 9.57. The van der Waals surface area contributed by atoms with Crippen molar-refractivity contribution in [2.45, 2.75) is 6.42 Å². The summed E-state index contributed by atoms with van der Waals surface area (Å²) in [6, 6.07) is 22.3. The number of rotatable bonds is 5. The van der Waals surface area contributed by atoms with Gasteiger partial charge >= 0.3 is 0 Å². The molecule has 0 aromatic heterocycles. The summed E-state index contributed by atoms with van der Waals surface area (Å²) in [5, 5.41) is 8.38. The number of carbonyl (C=O) groups is 3. The van der Waals surface area contributed by atoms with Gasteiger partial charge in [0, 0.05) is 6.21 Å². The van der Waals surface area contributed by atoms with Crippen LogP contribution in [0.25, 0.3) is 10.8 Å². The number of nitrogens with zero attached hydrogens (tertiary/aromatic N) is 2. The van der Waals surface area contributed by atoms with E-state index in [-0.39, 0.29) is 17.4 Å². The van der Waals surface area contributed by atoms with Crippen molar-refractivity contribution in [3.63, 3.8) is 0 Å². The second kappa shape index (κ2) is 8.85. The molecule has 1 heterocycles. The van der Waals surface area contributed by atoms with E-state index in [0.29, 0.717) is 5.69 Å². The summed E-state index contributed by atoms with van der Waals surface area (Å²) in [6.07, 6.45) is 1.24. The number of benzene rings is 3. The average Bonchev–Trinajstić information content (AvgIpc) is 2.77. The summed E-state index contributed by atoms with van der Waals surface area (Å²) in [4.78, 5) is 38.7. The Morgan fingerprint density at radius 2 is 1.74 bits per heavy atom. The van der Waals surface area contributed by atoms with E-state index in [0.717, 1.165) is 22.6 Å². The number of thiocarbonyl (C=S) groups is 1. The predicted octanol–water partition coefficient (Wildman–Crippen LogP) is 2.55. The molecule has 154 valence electrons. The molecule has 3 amide bonds. The molecule has 1 saturated heterocycles. The third-order valence-electron chi connectivity index (χ3n) is 4.86. The lowest BCUT2D eigenvalue weighted by Gasteiger charge is -2.30. The molecule has 1 fully saturated rings. The van der Waals surface area contributed by atoms with Gasteiger partial charge in [-0.05, 0) is 40.7 Å². The topological polar surface area (TPSA) is 90.9 Å². The predicted molar refractivity (Wildman–Crippen MR) is 122 cm³/mol. The number of fused-ring (bicyclic) bond motifs is 1. The van der Waals surface area contributed by atoms with Crippen molar-refractivity contribution in [1.29, 1.82) is 0 Å². The fourth-order valence-corrected chi connectivity index (χ4v) is 3.68. The van der Waals surface area contributed by atoms with Gasteiger partial charge in [0.1, 0.15) is 0 Å². The molecule has 0 saturated carbocycles. The molecule has 1 atom stereocenters. The van der Waals surface area contributed by atoms with Crippen LogP contribution in [0.2, 0.25) is 0 Å². The van der Waals surface area contributed by atoms with Crippen molar-refractivity contribution in [2.75, 3.05) is 4.90 Å². The maximum atomic E-state index is 12.8. The molecule has 3 aromatic carbocycles. The highest BCUT2D eigenvalue weighted by Crippen LogP contribution is 2.20. The highest BCUT2D eigenvalue weighted by molar-refractivity contribution is 7.80. The van der Waals surface area contributed by atoms with E-state index < -0.39 is 17.7 Å². The molecule has 7 nitrogen and oxygen atoms in total. The molecule has 1 aliphatic heterocycles. The van der Waals surface area contributed by atoms with Crippen molar-refractivity contribution in [3.8, 4) is 0 Å². The molecule has 3 aromatic rings. The van der Waals surface area contributed by atoms with Crippen molar-refractivity contribution < 1.29 is 14.4 Å². The number of nitrogens with one attached hydrogen (secondary N) is 2. The third-order valence-corrected chi connectivity index (χ3v) is 5.14. The zero-order valence-corrected chi connectivity index (χ0v) is 17.1.